The highest BCUT2D eigenvalue weighted by atomic mass is 16.4. The zero-order valence-electron chi connectivity index (χ0n) is 10.9. The summed E-state index contributed by atoms with van der Waals surface area (Å²) in [5, 5.41) is 17.8. The molecule has 1 amide bonds. The van der Waals surface area contributed by atoms with Gasteiger partial charge >= 0.3 is 5.97 Å². The molecule has 1 heterocycles. The fourth-order valence-corrected chi connectivity index (χ4v) is 1.62. The summed E-state index contributed by atoms with van der Waals surface area (Å²) in [6.07, 6.45) is 1.75. The Morgan fingerprint density at radius 2 is 1.95 bits per heavy atom. The number of pyridine rings is 1. The number of unbranched alkanes of at least 4 members (excludes halogenated alkanes) is 1. The molecule has 0 aliphatic rings. The Hall–Kier alpha value is -1.95. The van der Waals surface area contributed by atoms with E-state index in [2.05, 4.69) is 4.98 Å². The van der Waals surface area contributed by atoms with Crippen molar-refractivity contribution >= 4 is 11.9 Å². The third-order valence-electron chi connectivity index (χ3n) is 2.63. The fraction of sp³-hybridized carbons (Fsp3) is 0.462. The molecule has 0 radical (unpaired) electrons. The summed E-state index contributed by atoms with van der Waals surface area (Å²) in [7, 11) is 0. The van der Waals surface area contributed by atoms with Crippen molar-refractivity contribution in [3.8, 4) is 0 Å². The number of aromatic carboxylic acids is 1. The van der Waals surface area contributed by atoms with E-state index in [1.807, 2.05) is 6.92 Å². The first-order valence-corrected chi connectivity index (χ1v) is 6.20. The standard InChI is InChI=1S/C13H18N2O4/c1-2-3-7-15(8-9-16)12(17)10-5-4-6-11(14-10)13(18)19/h4-6,16H,2-3,7-9H2,1H3,(H,18,19). The second-order valence-electron chi connectivity index (χ2n) is 4.08. The molecule has 6 heteroatoms. The number of carbonyl (C=O) groups excluding carboxylic acids is 1. The first kappa shape index (κ1) is 15.1. The summed E-state index contributed by atoms with van der Waals surface area (Å²) in [5.74, 6) is -1.53. The van der Waals surface area contributed by atoms with Gasteiger partial charge in [-0.15, -0.1) is 0 Å². The van der Waals surface area contributed by atoms with Gasteiger partial charge < -0.3 is 15.1 Å². The van der Waals surface area contributed by atoms with Crippen LogP contribution in [0.1, 0.15) is 40.7 Å². The lowest BCUT2D eigenvalue weighted by molar-refractivity contribution is 0.0688. The Balaban J connectivity index is 2.88. The molecule has 0 saturated heterocycles. The van der Waals surface area contributed by atoms with Gasteiger partial charge in [0.1, 0.15) is 11.4 Å². The lowest BCUT2D eigenvalue weighted by atomic mass is 10.2. The van der Waals surface area contributed by atoms with E-state index in [0.29, 0.717) is 6.54 Å². The van der Waals surface area contributed by atoms with Gasteiger partial charge in [0.15, 0.2) is 0 Å². The van der Waals surface area contributed by atoms with Crippen molar-refractivity contribution in [3.05, 3.63) is 29.6 Å². The average molecular weight is 266 g/mol. The van der Waals surface area contributed by atoms with Gasteiger partial charge in [-0.05, 0) is 18.6 Å². The number of aliphatic hydroxyl groups is 1. The molecule has 2 N–H and O–H groups in total. The number of aromatic nitrogens is 1. The summed E-state index contributed by atoms with van der Waals surface area (Å²) in [6, 6.07) is 4.30. The molecule has 0 atom stereocenters. The van der Waals surface area contributed by atoms with Crippen molar-refractivity contribution in [2.75, 3.05) is 19.7 Å². The predicted octanol–water partition coefficient (Wildman–Crippen LogP) is 1.01. The molecule has 6 nitrogen and oxygen atoms in total. The van der Waals surface area contributed by atoms with Crippen LogP contribution in [0.25, 0.3) is 0 Å². The molecule has 0 bridgehead atoms. The summed E-state index contributed by atoms with van der Waals surface area (Å²) in [4.78, 5) is 28.3. The molecule has 0 saturated carbocycles. The Bertz CT molecular complexity index is 448. The van der Waals surface area contributed by atoms with Gasteiger partial charge in [0.2, 0.25) is 0 Å². The molecule has 0 aromatic carbocycles. The second kappa shape index (κ2) is 7.48. The van der Waals surface area contributed by atoms with Crippen molar-refractivity contribution in [2.24, 2.45) is 0 Å². The number of carboxylic acids is 1. The number of carboxylic acid groups (broad SMARTS) is 1. The van der Waals surface area contributed by atoms with Crippen LogP contribution in [0.4, 0.5) is 0 Å². The highest BCUT2D eigenvalue weighted by Gasteiger charge is 2.17. The van der Waals surface area contributed by atoms with E-state index in [1.54, 1.807) is 0 Å². The maximum Gasteiger partial charge on any atom is 0.354 e. The van der Waals surface area contributed by atoms with Gasteiger partial charge in [-0.1, -0.05) is 19.4 Å². The lowest BCUT2D eigenvalue weighted by Crippen LogP contribution is -2.35. The van der Waals surface area contributed by atoms with E-state index in [1.165, 1.54) is 23.1 Å². The van der Waals surface area contributed by atoms with E-state index in [9.17, 15) is 9.59 Å². The number of rotatable bonds is 7. The van der Waals surface area contributed by atoms with Gasteiger partial charge in [-0.3, -0.25) is 4.79 Å². The summed E-state index contributed by atoms with van der Waals surface area (Å²) < 4.78 is 0. The van der Waals surface area contributed by atoms with Gasteiger partial charge in [0.25, 0.3) is 5.91 Å². The largest absolute Gasteiger partial charge is 0.477 e. The third-order valence-corrected chi connectivity index (χ3v) is 2.63. The van der Waals surface area contributed by atoms with Gasteiger partial charge in [0.05, 0.1) is 6.61 Å². The zero-order valence-corrected chi connectivity index (χ0v) is 10.9. The minimum absolute atomic E-state index is 0.0875. The first-order valence-electron chi connectivity index (χ1n) is 6.20. The van der Waals surface area contributed by atoms with Crippen LogP contribution in [0.3, 0.4) is 0 Å². The molecule has 1 aromatic heterocycles. The highest BCUT2D eigenvalue weighted by Crippen LogP contribution is 2.06. The molecule has 104 valence electrons. The first-order chi connectivity index (χ1) is 9.10. The Labute approximate surface area is 111 Å². The van der Waals surface area contributed by atoms with Crippen LogP contribution in [0.15, 0.2) is 18.2 Å². The molecule has 1 aromatic rings. The van der Waals surface area contributed by atoms with Crippen LogP contribution in [-0.2, 0) is 0 Å². The maximum absolute atomic E-state index is 12.2. The maximum atomic E-state index is 12.2. The minimum atomic E-state index is -1.17. The van der Waals surface area contributed by atoms with Gasteiger partial charge in [-0.25, -0.2) is 9.78 Å². The Morgan fingerprint density at radius 1 is 1.26 bits per heavy atom. The Morgan fingerprint density at radius 3 is 2.53 bits per heavy atom. The molecule has 0 spiro atoms. The topological polar surface area (TPSA) is 90.7 Å². The number of carbonyl (C=O) groups is 2. The fourth-order valence-electron chi connectivity index (χ4n) is 1.62. The monoisotopic (exact) mass is 266 g/mol. The van der Waals surface area contributed by atoms with Crippen LogP contribution in [0, 0.1) is 0 Å². The van der Waals surface area contributed by atoms with Gasteiger partial charge in [0, 0.05) is 13.1 Å². The van der Waals surface area contributed by atoms with Crippen LogP contribution in [0.2, 0.25) is 0 Å². The molecule has 19 heavy (non-hydrogen) atoms. The lowest BCUT2D eigenvalue weighted by Gasteiger charge is -2.21. The highest BCUT2D eigenvalue weighted by molar-refractivity contribution is 5.94. The van der Waals surface area contributed by atoms with Crippen LogP contribution >= 0.6 is 0 Å². The summed E-state index contributed by atoms with van der Waals surface area (Å²) in [5.41, 5.74) is -0.0743. The number of aliphatic hydroxyl groups excluding tert-OH is 1. The number of hydrogen-bond donors (Lipinski definition) is 2. The number of amides is 1. The molecule has 0 unspecified atom stereocenters. The van der Waals surface area contributed by atoms with Crippen LogP contribution in [0.5, 0.6) is 0 Å². The second-order valence-corrected chi connectivity index (χ2v) is 4.08. The average Bonchev–Trinajstić information content (AvgIpc) is 2.42. The van der Waals surface area contributed by atoms with Crippen molar-refractivity contribution in [1.82, 2.24) is 9.88 Å². The molecule has 0 fully saturated rings. The number of hydrogen-bond acceptors (Lipinski definition) is 4. The normalized spacial score (nSPS) is 10.2. The van der Waals surface area contributed by atoms with E-state index >= 15 is 0 Å². The quantitative estimate of drug-likeness (QED) is 0.768. The molecular formula is C13H18N2O4. The minimum Gasteiger partial charge on any atom is -0.477 e. The van der Waals surface area contributed by atoms with E-state index in [0.717, 1.165) is 12.8 Å². The molecule has 0 aliphatic heterocycles. The number of nitrogens with zero attached hydrogens (tertiary/aromatic N) is 2. The predicted molar refractivity (Wildman–Crippen MR) is 69.1 cm³/mol. The Kier molecular flexibility index (Phi) is 5.95. The van der Waals surface area contributed by atoms with Crippen molar-refractivity contribution in [2.45, 2.75) is 19.8 Å². The summed E-state index contributed by atoms with van der Waals surface area (Å²) >= 11 is 0. The SMILES string of the molecule is CCCCN(CCO)C(=O)c1cccc(C(=O)O)n1. The third kappa shape index (κ3) is 4.33. The zero-order chi connectivity index (χ0) is 14.3. The van der Waals surface area contributed by atoms with Crippen LogP contribution < -0.4 is 0 Å². The van der Waals surface area contributed by atoms with Gasteiger partial charge in [-0.2, -0.15) is 0 Å². The molecule has 1 rings (SSSR count). The molecule has 0 aliphatic carbocycles. The van der Waals surface area contributed by atoms with E-state index < -0.39 is 5.97 Å². The van der Waals surface area contributed by atoms with Crippen molar-refractivity contribution < 1.29 is 19.8 Å². The van der Waals surface area contributed by atoms with E-state index in [-0.39, 0.29) is 30.4 Å². The van der Waals surface area contributed by atoms with E-state index in [4.69, 9.17) is 10.2 Å². The van der Waals surface area contributed by atoms with Crippen molar-refractivity contribution in [3.63, 3.8) is 0 Å². The molecular weight excluding hydrogens is 248 g/mol. The summed E-state index contributed by atoms with van der Waals surface area (Å²) in [6.45, 7) is 2.62. The smallest absolute Gasteiger partial charge is 0.354 e. The van der Waals surface area contributed by atoms with Crippen molar-refractivity contribution in [1.29, 1.82) is 0 Å². The van der Waals surface area contributed by atoms with Crippen LogP contribution in [-0.4, -0.2) is 51.7 Å².